The van der Waals surface area contributed by atoms with Crippen LogP contribution in [-0.4, -0.2) is 92.7 Å². The molecule has 1 unspecified atom stereocenters. The van der Waals surface area contributed by atoms with Gasteiger partial charge in [0.05, 0.1) is 46.1 Å². The predicted molar refractivity (Wildman–Crippen MR) is 503 cm³/mol. The van der Waals surface area contributed by atoms with E-state index in [1.165, 1.54) is 36.4 Å². The number of alkyl halides is 2. The smallest absolute Gasteiger partial charge is 0.339 e. The molecule has 4 N–H and O–H groups in total. The van der Waals surface area contributed by atoms with Gasteiger partial charge in [-0.25, -0.2) is 27.2 Å². The Balaban J connectivity index is 0.000000741. The third kappa shape index (κ3) is 40.4. The molecule has 1 saturated heterocycles. The molecule has 0 bridgehead atoms. The van der Waals surface area contributed by atoms with Crippen LogP contribution in [0.4, 0.5) is 31.5 Å². The number of nitro benzene ring substituents is 1. The molecule has 2 fully saturated rings. The van der Waals surface area contributed by atoms with Crippen LogP contribution in [-0.2, 0) is 54.1 Å². The molecule has 1 saturated carbocycles. The molecule has 1 aliphatic heterocycles. The summed E-state index contributed by atoms with van der Waals surface area (Å²) in [4.78, 5) is 71.7. The van der Waals surface area contributed by atoms with Crippen molar-refractivity contribution in [1.82, 2.24) is 0 Å². The summed E-state index contributed by atoms with van der Waals surface area (Å²) in [6, 6.07) is 63.4. The van der Waals surface area contributed by atoms with Crippen molar-refractivity contribution >= 4 is 61.8 Å². The topological polar surface area (TPSA) is 290 Å². The summed E-state index contributed by atoms with van der Waals surface area (Å²) in [5.74, 6) is 1.59. The number of nitrogens with two attached hydrogens (primary N) is 1. The zero-order valence-corrected chi connectivity index (χ0v) is 75.6. The number of nitrogens with zero attached hydrogens (tertiary/aromatic N) is 4. The zero-order chi connectivity index (χ0) is 90.8. The van der Waals surface area contributed by atoms with E-state index in [-0.39, 0.29) is 110 Å². The third-order valence-electron chi connectivity index (χ3n) is 20.9. The van der Waals surface area contributed by atoms with E-state index in [9.17, 15) is 56.5 Å². The van der Waals surface area contributed by atoms with Crippen LogP contribution in [0.5, 0.6) is 11.5 Å². The fourth-order valence-corrected chi connectivity index (χ4v) is 15.4. The minimum atomic E-state index is -3.19. The number of anilines is 2. The minimum absolute atomic E-state index is 0. The summed E-state index contributed by atoms with van der Waals surface area (Å²) in [6.45, 7) is 35.7. The lowest BCUT2D eigenvalue weighted by Gasteiger charge is -2.33. The fourth-order valence-electron chi connectivity index (χ4n) is 13.5. The molecule has 1 aliphatic carbocycles. The monoisotopic (exact) mass is 1740 g/mol. The van der Waals surface area contributed by atoms with Gasteiger partial charge < -0.3 is 24.4 Å². The van der Waals surface area contributed by atoms with Crippen LogP contribution in [0.2, 0.25) is 0 Å². The highest BCUT2D eigenvalue weighted by atomic mass is 32.2. The van der Waals surface area contributed by atoms with Crippen LogP contribution in [0.3, 0.4) is 0 Å². The highest BCUT2D eigenvalue weighted by molar-refractivity contribution is 7.92. The van der Waals surface area contributed by atoms with Crippen molar-refractivity contribution in [3.8, 4) is 23.6 Å². The molecular formula is C103H143F2N6O13S+. The van der Waals surface area contributed by atoms with E-state index in [2.05, 4.69) is 113 Å². The molecule has 1 amide bonds. The van der Waals surface area contributed by atoms with Crippen LogP contribution in [0.1, 0.15) is 256 Å². The number of hydrogen-bond acceptors (Lipinski definition) is 16. The SMILES string of the molecule is C.C.C.CC(C)C(=O)C1CCN(c2ccccc2[NH2+]O)CC1.CC(C)C(=O)Cc1ccccc1[N+](=O)[O-].CC(C)C(C)c1ccccc1.CC(C)Cc1cccc(NC(=O)c2ccccc2OCCOc2ccccc2)c1.CC(C)c1ccc(C#N)c(C(C)(F)F)c1.CC1CCC(CS(=O)(=O)CC(=O)C(C)C)CC1.COC(=O)c1cccc(CC(C)C)c1C#N. The number of sulfone groups is 1. The first-order valence-electron chi connectivity index (χ1n) is 42.4. The lowest BCUT2D eigenvalue weighted by molar-refractivity contribution is -0.825. The Hall–Kier alpha value is -10.8. The second-order valence-electron chi connectivity index (χ2n) is 33.7. The number of hydrogen-bond donors (Lipinski definition) is 3. The molecule has 682 valence electrons. The Morgan fingerprint density at radius 2 is 1.16 bits per heavy atom. The number of ether oxygens (including phenoxy) is 3. The second-order valence-corrected chi connectivity index (χ2v) is 35.8. The first kappa shape index (κ1) is 112. The predicted octanol–water partition coefficient (Wildman–Crippen LogP) is 23.8. The zero-order valence-electron chi connectivity index (χ0n) is 74.8. The summed E-state index contributed by atoms with van der Waals surface area (Å²) in [5.41, 5.74) is 9.88. The minimum Gasteiger partial charge on any atom is -0.490 e. The number of carbonyl (C=O) groups excluding carboxylic acids is 5. The quantitative estimate of drug-likeness (QED) is 0.0129. The van der Waals surface area contributed by atoms with E-state index < -0.39 is 26.7 Å². The number of halogens is 2. The largest absolute Gasteiger partial charge is 0.490 e. The lowest BCUT2D eigenvalue weighted by Crippen LogP contribution is -2.74. The van der Waals surface area contributed by atoms with Gasteiger partial charge in [-0.1, -0.05) is 267 Å². The number of para-hydroxylation sites is 5. The van der Waals surface area contributed by atoms with Crippen molar-refractivity contribution in [3.05, 3.63) is 260 Å². The van der Waals surface area contributed by atoms with Crippen molar-refractivity contribution in [2.24, 2.45) is 53.3 Å². The van der Waals surface area contributed by atoms with Gasteiger partial charge in [0.25, 0.3) is 17.5 Å². The van der Waals surface area contributed by atoms with E-state index in [1.54, 1.807) is 82.3 Å². The second kappa shape index (κ2) is 57.7. The number of nitriles is 2. The number of amides is 1. The summed E-state index contributed by atoms with van der Waals surface area (Å²) < 4.78 is 66.2. The number of Topliss-reactive ketones (excluding diaryl/α,β-unsaturated/α-hetero) is 3. The van der Waals surface area contributed by atoms with Crippen molar-refractivity contribution < 1.29 is 71.0 Å². The van der Waals surface area contributed by atoms with Crippen LogP contribution in [0.15, 0.2) is 194 Å². The van der Waals surface area contributed by atoms with Crippen molar-refractivity contribution in [3.63, 3.8) is 0 Å². The van der Waals surface area contributed by atoms with Crippen LogP contribution < -0.4 is 25.2 Å². The maximum Gasteiger partial charge on any atom is 0.339 e. The first-order chi connectivity index (χ1) is 57.7. The Labute approximate surface area is 746 Å². The molecule has 0 radical (unpaired) electrons. The number of carbonyl (C=O) groups is 5. The molecule has 2 aliphatic rings. The number of benzene rings is 8. The summed E-state index contributed by atoms with van der Waals surface area (Å²) in [7, 11) is -1.87. The third-order valence-corrected chi connectivity index (χ3v) is 22.7. The van der Waals surface area contributed by atoms with Gasteiger partial charge in [-0.2, -0.15) is 16.0 Å². The molecular weight excluding hydrogens is 1600 g/mol. The fraction of sp³-hybridized carbons (Fsp3) is 0.466. The van der Waals surface area contributed by atoms with Gasteiger partial charge in [-0.3, -0.25) is 29.3 Å². The number of nitro groups is 1. The normalized spacial score (nSPS) is 13.7. The molecule has 22 heteroatoms. The lowest BCUT2D eigenvalue weighted by atomic mass is 9.84. The number of nitrogens with one attached hydrogen (secondary N) is 1. The molecule has 8 aromatic rings. The van der Waals surface area contributed by atoms with Gasteiger partial charge in [-0.05, 0) is 163 Å². The average molecular weight is 1740 g/mol. The van der Waals surface area contributed by atoms with E-state index in [0.29, 0.717) is 64.8 Å². The standard InChI is InChI=1S/C25H27NO3.C15H22N2O2.C13H15NO2.C13H24O3S.C12H13F2N.C11H13NO3.C11H16.3CH4/c1-19(2)17-20-9-8-10-21(18-20)26-25(27)23-13-6-7-14-24(23)29-16-15-28-22-11-4-3-5-12-22;1-11(2)15(18)12-7-9-17(10-8-12)14-6-4-3-5-13(14)16-19;1-9(2)7-10-5-4-6-11(12(10)8-14)13(15)16-3;1-10(2)13(14)9-17(15,16)8-12-6-4-11(3)5-7-12;1-8(2)9-4-5-10(7-15)11(6-9)12(3,13)14;1-8(2)11(13)7-9-5-3-4-6-10(9)12(14)15;1-9(2)10(3)11-7-5-4-6-8-11;;;/h3-14,18-19H,15-17H2,1-2H3,(H,26,27);3-6,11-12,16,19H,7-10H2,1-2H3;4-6,9H,7H2,1-3H3;10-12H,4-9H2,1-3H3;4-6,8H,1-3H3;3-6,8H,7H2,1-2H3;4-10H,1-3H3;3*1H4/p+1. The summed E-state index contributed by atoms with van der Waals surface area (Å²) in [5, 5.41) is 40.7. The molecule has 8 aromatic carbocycles. The maximum absolute atomic E-state index is 13.2. The van der Waals surface area contributed by atoms with E-state index >= 15 is 0 Å². The van der Waals surface area contributed by atoms with E-state index in [4.69, 9.17) is 20.0 Å². The van der Waals surface area contributed by atoms with Gasteiger partial charge in [0.15, 0.2) is 15.5 Å². The number of methoxy groups -OCH3 is 1. The number of piperidine rings is 1. The summed E-state index contributed by atoms with van der Waals surface area (Å²) >= 11 is 0. The Bertz CT molecular complexity index is 4770. The van der Waals surface area contributed by atoms with Crippen molar-refractivity contribution in [2.75, 3.05) is 55.1 Å². The molecule has 1 heterocycles. The van der Waals surface area contributed by atoms with Gasteiger partial charge in [0, 0.05) is 79.1 Å². The van der Waals surface area contributed by atoms with Crippen molar-refractivity contribution in [1.29, 1.82) is 10.5 Å². The molecule has 0 spiro atoms. The van der Waals surface area contributed by atoms with Crippen molar-refractivity contribution in [2.45, 2.75) is 216 Å². The summed E-state index contributed by atoms with van der Waals surface area (Å²) in [6.07, 6.45) is 7.96. The molecule has 10 rings (SSSR count). The van der Waals surface area contributed by atoms with E-state index in [0.717, 1.165) is 123 Å². The Morgan fingerprint density at radius 3 is 1.70 bits per heavy atom. The number of esters is 1. The highest BCUT2D eigenvalue weighted by Crippen LogP contribution is 2.34. The number of ketones is 3. The maximum atomic E-state index is 13.2. The molecule has 19 nitrogen and oxygen atoms in total. The van der Waals surface area contributed by atoms with Gasteiger partial charge in [0.2, 0.25) is 0 Å². The number of quaternary nitrogens is 1. The number of rotatable bonds is 29. The van der Waals surface area contributed by atoms with Gasteiger partial charge in [0.1, 0.15) is 59.6 Å². The Kier molecular flexibility index (Phi) is 51.8. The molecule has 0 aromatic heterocycles. The van der Waals surface area contributed by atoms with Crippen LogP contribution >= 0.6 is 0 Å². The highest BCUT2D eigenvalue weighted by Gasteiger charge is 2.31. The van der Waals surface area contributed by atoms with Gasteiger partial charge >= 0.3 is 5.97 Å². The van der Waals surface area contributed by atoms with Crippen LogP contribution in [0, 0.1) is 86.0 Å². The first-order valence-corrected chi connectivity index (χ1v) is 44.3. The van der Waals surface area contributed by atoms with Crippen LogP contribution in [0.25, 0.3) is 0 Å². The average Bonchev–Trinajstić information content (AvgIpc) is 0.783. The molecule has 1 atom stereocenters. The van der Waals surface area contributed by atoms with E-state index in [1.807, 2.05) is 119 Å². The molecule has 125 heavy (non-hydrogen) atoms. The Morgan fingerprint density at radius 1 is 0.616 bits per heavy atom. The van der Waals surface area contributed by atoms with Gasteiger partial charge in [-0.15, -0.1) is 0 Å².